The summed E-state index contributed by atoms with van der Waals surface area (Å²) in [5.74, 6) is -0.0369. The molecule has 2 amide bonds. The number of rotatable bonds is 3. The van der Waals surface area contributed by atoms with Gasteiger partial charge in [0.2, 0.25) is 11.8 Å². The Morgan fingerprint density at radius 1 is 1.41 bits per heavy atom. The normalized spacial score (nSPS) is 15.5. The topological polar surface area (TPSA) is 62.3 Å². The Morgan fingerprint density at radius 3 is 2.88 bits per heavy atom. The maximum absolute atomic E-state index is 11.8. The van der Waals surface area contributed by atoms with Gasteiger partial charge in [-0.05, 0) is 24.1 Å². The van der Waals surface area contributed by atoms with Crippen molar-refractivity contribution in [1.82, 2.24) is 15.2 Å². The highest BCUT2D eigenvalue weighted by molar-refractivity contribution is 5.85. The minimum absolute atomic E-state index is 0.0386. The van der Waals surface area contributed by atoms with Crippen molar-refractivity contribution < 1.29 is 9.59 Å². The van der Waals surface area contributed by atoms with Gasteiger partial charge < -0.3 is 10.2 Å². The molecule has 0 aliphatic carbocycles. The fraction of sp³-hybridized carbons (Fsp3) is 0.417. The zero-order valence-corrected chi connectivity index (χ0v) is 9.56. The fourth-order valence-electron chi connectivity index (χ4n) is 1.81. The number of piperazine rings is 1. The summed E-state index contributed by atoms with van der Waals surface area (Å²) < 4.78 is 0. The molecule has 0 unspecified atom stereocenters. The van der Waals surface area contributed by atoms with Crippen LogP contribution in [-0.2, 0) is 16.0 Å². The Bertz CT molecular complexity index is 405. The van der Waals surface area contributed by atoms with Crippen molar-refractivity contribution in [3.8, 4) is 0 Å². The van der Waals surface area contributed by atoms with Crippen molar-refractivity contribution in [2.24, 2.45) is 0 Å². The highest BCUT2D eigenvalue weighted by atomic mass is 16.2. The van der Waals surface area contributed by atoms with Gasteiger partial charge in [0.25, 0.3) is 0 Å². The third kappa shape index (κ3) is 3.27. The fourth-order valence-corrected chi connectivity index (χ4v) is 1.81. The first-order valence-electron chi connectivity index (χ1n) is 5.69. The van der Waals surface area contributed by atoms with Gasteiger partial charge in [-0.15, -0.1) is 0 Å². The van der Waals surface area contributed by atoms with Gasteiger partial charge in [0, 0.05) is 31.9 Å². The van der Waals surface area contributed by atoms with Crippen molar-refractivity contribution >= 4 is 11.8 Å². The maximum Gasteiger partial charge on any atom is 0.239 e. The summed E-state index contributed by atoms with van der Waals surface area (Å²) in [5, 5.41) is 2.70. The molecule has 1 aromatic heterocycles. The van der Waals surface area contributed by atoms with Crippen molar-refractivity contribution in [2.45, 2.75) is 12.8 Å². The smallest absolute Gasteiger partial charge is 0.239 e. The van der Waals surface area contributed by atoms with E-state index in [0.717, 1.165) is 5.56 Å². The number of aromatic nitrogens is 1. The molecular formula is C12H15N3O2. The lowest BCUT2D eigenvalue weighted by molar-refractivity contribution is -0.138. The van der Waals surface area contributed by atoms with Crippen molar-refractivity contribution in [3.63, 3.8) is 0 Å². The number of aryl methyl sites for hydroxylation is 1. The molecule has 1 fully saturated rings. The second-order valence-electron chi connectivity index (χ2n) is 4.02. The molecule has 2 rings (SSSR count). The number of hydrogen-bond donors (Lipinski definition) is 1. The van der Waals surface area contributed by atoms with Gasteiger partial charge in [0.1, 0.15) is 0 Å². The molecule has 1 saturated heterocycles. The monoisotopic (exact) mass is 233 g/mol. The van der Waals surface area contributed by atoms with Crippen LogP contribution >= 0.6 is 0 Å². The van der Waals surface area contributed by atoms with Crippen molar-refractivity contribution in [2.75, 3.05) is 19.6 Å². The third-order valence-corrected chi connectivity index (χ3v) is 2.77. The van der Waals surface area contributed by atoms with E-state index in [4.69, 9.17) is 0 Å². The van der Waals surface area contributed by atoms with E-state index in [0.29, 0.717) is 25.9 Å². The molecule has 5 nitrogen and oxygen atoms in total. The predicted octanol–water partition coefficient (Wildman–Crippen LogP) is -0.0274. The molecule has 0 saturated carbocycles. The molecule has 0 aromatic carbocycles. The molecule has 0 bridgehead atoms. The van der Waals surface area contributed by atoms with Crippen LogP contribution in [0, 0.1) is 0 Å². The molecule has 0 radical (unpaired) electrons. The minimum Gasteiger partial charge on any atom is -0.353 e. The molecule has 2 heterocycles. The first-order valence-corrected chi connectivity index (χ1v) is 5.69. The first-order chi connectivity index (χ1) is 8.25. The Kier molecular flexibility index (Phi) is 3.69. The predicted molar refractivity (Wildman–Crippen MR) is 62.1 cm³/mol. The average Bonchev–Trinajstić information content (AvgIpc) is 2.37. The molecular weight excluding hydrogens is 218 g/mol. The van der Waals surface area contributed by atoms with Crippen LogP contribution in [0.15, 0.2) is 24.5 Å². The SMILES string of the molecule is O=C1CN(C(=O)CCc2ccncc2)CCN1. The summed E-state index contributed by atoms with van der Waals surface area (Å²) in [4.78, 5) is 28.5. The Balaban J connectivity index is 1.83. The van der Waals surface area contributed by atoms with Crippen LogP contribution in [-0.4, -0.2) is 41.3 Å². The summed E-state index contributed by atoms with van der Waals surface area (Å²) in [6.07, 6.45) is 4.57. The van der Waals surface area contributed by atoms with Gasteiger partial charge in [-0.25, -0.2) is 0 Å². The molecule has 0 atom stereocenters. The van der Waals surface area contributed by atoms with Crippen LogP contribution < -0.4 is 5.32 Å². The first kappa shape index (κ1) is 11.6. The Morgan fingerprint density at radius 2 is 2.18 bits per heavy atom. The van der Waals surface area contributed by atoms with E-state index in [9.17, 15) is 9.59 Å². The maximum atomic E-state index is 11.8. The van der Waals surface area contributed by atoms with E-state index in [1.54, 1.807) is 17.3 Å². The number of amides is 2. The van der Waals surface area contributed by atoms with E-state index in [-0.39, 0.29) is 18.4 Å². The standard InChI is InChI=1S/C12H15N3O2/c16-11-9-15(8-7-14-11)12(17)2-1-10-3-5-13-6-4-10/h3-6H,1-2,7-9H2,(H,14,16). The van der Waals surface area contributed by atoms with Gasteiger partial charge in [0.05, 0.1) is 6.54 Å². The van der Waals surface area contributed by atoms with Crippen molar-refractivity contribution in [3.05, 3.63) is 30.1 Å². The van der Waals surface area contributed by atoms with Crippen LogP contribution in [0.25, 0.3) is 0 Å². The molecule has 1 N–H and O–H groups in total. The summed E-state index contributed by atoms with van der Waals surface area (Å²) >= 11 is 0. The van der Waals surface area contributed by atoms with E-state index in [1.807, 2.05) is 12.1 Å². The molecule has 5 heteroatoms. The highest BCUT2D eigenvalue weighted by Crippen LogP contribution is 2.04. The molecule has 1 aliphatic rings. The summed E-state index contributed by atoms with van der Waals surface area (Å²) in [5.41, 5.74) is 1.09. The van der Waals surface area contributed by atoms with Crippen LogP contribution in [0.3, 0.4) is 0 Å². The number of carbonyl (C=O) groups is 2. The van der Waals surface area contributed by atoms with E-state index in [2.05, 4.69) is 10.3 Å². The lowest BCUT2D eigenvalue weighted by Crippen LogP contribution is -2.50. The number of nitrogens with zero attached hydrogens (tertiary/aromatic N) is 2. The van der Waals surface area contributed by atoms with E-state index in [1.165, 1.54) is 0 Å². The van der Waals surface area contributed by atoms with Crippen LogP contribution in [0.1, 0.15) is 12.0 Å². The number of pyridine rings is 1. The lowest BCUT2D eigenvalue weighted by atomic mass is 10.1. The third-order valence-electron chi connectivity index (χ3n) is 2.77. The second-order valence-corrected chi connectivity index (χ2v) is 4.02. The molecule has 1 aliphatic heterocycles. The minimum atomic E-state index is -0.0755. The molecule has 90 valence electrons. The molecule has 17 heavy (non-hydrogen) atoms. The van der Waals surface area contributed by atoms with Crippen LogP contribution in [0.2, 0.25) is 0 Å². The van der Waals surface area contributed by atoms with Gasteiger partial charge in [-0.3, -0.25) is 14.6 Å². The highest BCUT2D eigenvalue weighted by Gasteiger charge is 2.20. The van der Waals surface area contributed by atoms with Crippen LogP contribution in [0.5, 0.6) is 0 Å². The quantitative estimate of drug-likeness (QED) is 0.797. The lowest BCUT2D eigenvalue weighted by Gasteiger charge is -2.26. The number of carbonyl (C=O) groups excluding carboxylic acids is 2. The molecule has 0 spiro atoms. The summed E-state index contributed by atoms with van der Waals surface area (Å²) in [6.45, 7) is 1.36. The summed E-state index contributed by atoms with van der Waals surface area (Å²) in [6, 6.07) is 3.80. The number of nitrogens with one attached hydrogen (secondary N) is 1. The van der Waals surface area contributed by atoms with E-state index < -0.39 is 0 Å². The zero-order chi connectivity index (χ0) is 12.1. The van der Waals surface area contributed by atoms with E-state index >= 15 is 0 Å². The Labute approximate surface area is 99.8 Å². The van der Waals surface area contributed by atoms with Crippen molar-refractivity contribution in [1.29, 1.82) is 0 Å². The second kappa shape index (κ2) is 5.43. The zero-order valence-electron chi connectivity index (χ0n) is 9.56. The van der Waals surface area contributed by atoms with Gasteiger partial charge >= 0.3 is 0 Å². The van der Waals surface area contributed by atoms with Crippen LogP contribution in [0.4, 0.5) is 0 Å². The molecule has 1 aromatic rings. The summed E-state index contributed by atoms with van der Waals surface area (Å²) in [7, 11) is 0. The van der Waals surface area contributed by atoms with Gasteiger partial charge in [-0.1, -0.05) is 0 Å². The number of hydrogen-bond acceptors (Lipinski definition) is 3. The Hall–Kier alpha value is -1.91. The average molecular weight is 233 g/mol. The van der Waals surface area contributed by atoms with Gasteiger partial charge in [-0.2, -0.15) is 0 Å². The van der Waals surface area contributed by atoms with Gasteiger partial charge in [0.15, 0.2) is 0 Å². The largest absolute Gasteiger partial charge is 0.353 e.